The molecule has 0 saturated carbocycles. The Labute approximate surface area is 82.1 Å². The average Bonchev–Trinajstić information content (AvgIpc) is 2.18. The first-order chi connectivity index (χ1) is 6.74. The van der Waals surface area contributed by atoms with Crippen molar-refractivity contribution < 1.29 is 9.84 Å². The summed E-state index contributed by atoms with van der Waals surface area (Å²) in [6.07, 6.45) is 1.65. The van der Waals surface area contributed by atoms with E-state index in [2.05, 4.69) is 10.2 Å². The number of hydrogen-bond donors (Lipinski definition) is 3. The molecular formula is C9H13N4O+. The number of rotatable bonds is 3. The number of methoxy groups -OCH3 is 1. The summed E-state index contributed by atoms with van der Waals surface area (Å²) in [7, 11) is 1.60. The molecule has 0 aliphatic carbocycles. The predicted molar refractivity (Wildman–Crippen MR) is 54.9 cm³/mol. The van der Waals surface area contributed by atoms with E-state index in [4.69, 9.17) is 16.2 Å². The molecule has 5 heteroatoms. The molecule has 1 aromatic carbocycles. The number of nitrogens with zero attached hydrogens (tertiary/aromatic N) is 1. The van der Waals surface area contributed by atoms with E-state index < -0.39 is 0 Å². The Morgan fingerprint density at radius 1 is 1.43 bits per heavy atom. The molecular weight excluding hydrogens is 180 g/mol. The normalized spacial score (nSPS) is 10.1. The minimum absolute atomic E-state index is 0.0175. The van der Waals surface area contributed by atoms with Gasteiger partial charge in [0.05, 0.1) is 12.7 Å². The Morgan fingerprint density at radius 3 is 2.79 bits per heavy atom. The number of benzene rings is 1. The van der Waals surface area contributed by atoms with Crippen LogP contribution in [0.3, 0.4) is 0 Å². The van der Waals surface area contributed by atoms with E-state index in [1.54, 1.807) is 13.3 Å². The zero-order chi connectivity index (χ0) is 10.4. The van der Waals surface area contributed by atoms with Crippen molar-refractivity contribution in [3.63, 3.8) is 0 Å². The van der Waals surface area contributed by atoms with Gasteiger partial charge >= 0.3 is 0 Å². The number of nitrogens with one attached hydrogen (secondary N) is 1. The fourth-order valence-corrected chi connectivity index (χ4v) is 0.962. The molecule has 74 valence electrons. The summed E-state index contributed by atoms with van der Waals surface area (Å²) < 4.78 is 5.12. The van der Waals surface area contributed by atoms with Gasteiger partial charge in [0.15, 0.2) is 0 Å². The Morgan fingerprint density at radius 2 is 2.14 bits per heavy atom. The molecule has 0 bridgehead atoms. The molecule has 0 aliphatic heterocycles. The Kier molecular flexibility index (Phi) is 3.49. The van der Waals surface area contributed by atoms with Gasteiger partial charge in [0.25, 0.3) is 5.96 Å². The predicted octanol–water partition coefficient (Wildman–Crippen LogP) is -1.62. The highest BCUT2D eigenvalue weighted by atomic mass is 16.5. The molecule has 0 atom stereocenters. The largest absolute Gasteiger partial charge is 0.496 e. The number of guanidine groups is 1. The third-order valence-corrected chi connectivity index (χ3v) is 1.55. The summed E-state index contributed by atoms with van der Waals surface area (Å²) in [5, 5.41) is 6.22. The Hall–Kier alpha value is -2.04. The average molecular weight is 193 g/mol. The number of nitrogens with two attached hydrogens (primary N) is 2. The van der Waals surface area contributed by atoms with Crippen LogP contribution in [-0.2, 0) is 0 Å². The third kappa shape index (κ3) is 2.78. The molecule has 1 rings (SSSR count). The van der Waals surface area contributed by atoms with Crippen molar-refractivity contribution in [2.75, 3.05) is 7.11 Å². The van der Waals surface area contributed by atoms with Crippen LogP contribution in [0.25, 0.3) is 0 Å². The smallest absolute Gasteiger partial charge is 0.256 e. The second-order valence-corrected chi connectivity index (χ2v) is 2.55. The number of hydrogen-bond acceptors (Lipinski definition) is 2. The van der Waals surface area contributed by atoms with Crippen LogP contribution in [0.5, 0.6) is 5.75 Å². The molecule has 0 spiro atoms. The summed E-state index contributed by atoms with van der Waals surface area (Å²) in [6, 6.07) is 7.51. The van der Waals surface area contributed by atoms with Gasteiger partial charge in [-0.1, -0.05) is 12.1 Å². The standard InChI is InChI=1S/C9H12N4O/c1-14-8-5-3-2-4-7(8)6-12-13-9(10)11/h2-6H,1H3,(H4,10,11,13)/p+1/b12-6+. The van der Waals surface area contributed by atoms with Gasteiger partial charge in [-0.15, -0.1) is 5.10 Å². The quantitative estimate of drug-likeness (QED) is 0.306. The second kappa shape index (κ2) is 4.86. The van der Waals surface area contributed by atoms with Crippen LogP contribution in [0.4, 0.5) is 0 Å². The first-order valence-corrected chi connectivity index (χ1v) is 4.04. The van der Waals surface area contributed by atoms with E-state index in [9.17, 15) is 0 Å². The molecule has 1 aromatic rings. The van der Waals surface area contributed by atoms with Gasteiger partial charge in [-0.3, -0.25) is 0 Å². The molecule has 0 radical (unpaired) electrons. The fraction of sp³-hybridized carbons (Fsp3) is 0.111. The Balaban J connectivity index is 2.85. The van der Waals surface area contributed by atoms with E-state index >= 15 is 0 Å². The first-order valence-electron chi connectivity index (χ1n) is 4.04. The Bertz CT molecular complexity index is 356. The van der Waals surface area contributed by atoms with Crippen LogP contribution >= 0.6 is 0 Å². The lowest BCUT2D eigenvalue weighted by molar-refractivity contribution is -0.456. The molecule has 0 aromatic heterocycles. The lowest BCUT2D eigenvalue weighted by Crippen LogP contribution is -2.63. The number of para-hydroxylation sites is 1. The van der Waals surface area contributed by atoms with E-state index in [-0.39, 0.29) is 5.96 Å². The molecule has 5 nitrogen and oxygen atoms in total. The highest BCUT2D eigenvalue weighted by molar-refractivity contribution is 5.80. The summed E-state index contributed by atoms with van der Waals surface area (Å²) in [6.45, 7) is 0. The van der Waals surface area contributed by atoms with Gasteiger partial charge in [-0.2, -0.15) is 0 Å². The van der Waals surface area contributed by atoms with Gasteiger partial charge < -0.3 is 16.2 Å². The van der Waals surface area contributed by atoms with Crippen molar-refractivity contribution in [3.05, 3.63) is 29.8 Å². The van der Waals surface area contributed by atoms with Gasteiger partial charge in [0.2, 0.25) is 6.21 Å². The second-order valence-electron chi connectivity index (χ2n) is 2.55. The summed E-state index contributed by atoms with van der Waals surface area (Å²) >= 11 is 0. The van der Waals surface area contributed by atoms with Crippen LogP contribution in [0.1, 0.15) is 5.56 Å². The van der Waals surface area contributed by atoms with Crippen LogP contribution in [0, 0.1) is 0 Å². The van der Waals surface area contributed by atoms with E-state index in [0.717, 1.165) is 11.3 Å². The van der Waals surface area contributed by atoms with Gasteiger partial charge in [0, 0.05) is 5.10 Å². The van der Waals surface area contributed by atoms with Crippen molar-refractivity contribution in [3.8, 4) is 5.75 Å². The van der Waals surface area contributed by atoms with E-state index in [0.29, 0.717) is 0 Å². The molecule has 0 fully saturated rings. The van der Waals surface area contributed by atoms with Crippen molar-refractivity contribution in [2.45, 2.75) is 0 Å². The minimum Gasteiger partial charge on any atom is -0.496 e. The molecule has 5 N–H and O–H groups in total. The maximum atomic E-state index is 5.14. The van der Waals surface area contributed by atoms with Gasteiger partial charge in [-0.05, 0) is 12.1 Å². The lowest BCUT2D eigenvalue weighted by Gasteiger charge is -1.99. The molecule has 0 aliphatic rings. The van der Waals surface area contributed by atoms with E-state index in [1.807, 2.05) is 24.3 Å². The maximum Gasteiger partial charge on any atom is 0.256 e. The third-order valence-electron chi connectivity index (χ3n) is 1.55. The molecule has 14 heavy (non-hydrogen) atoms. The first kappa shape index (κ1) is 10.0. The summed E-state index contributed by atoms with van der Waals surface area (Å²) in [5.41, 5.74) is 11.2. The zero-order valence-electron chi connectivity index (χ0n) is 7.90. The highest BCUT2D eigenvalue weighted by Gasteiger charge is 1.99. The maximum absolute atomic E-state index is 5.14. The summed E-state index contributed by atoms with van der Waals surface area (Å²) in [5.74, 6) is 0.738. The number of hydrazone groups is 1. The molecule has 0 unspecified atom stereocenters. The van der Waals surface area contributed by atoms with Crippen LogP contribution in [0.15, 0.2) is 29.4 Å². The molecule has 0 amide bonds. The van der Waals surface area contributed by atoms with Crippen molar-refractivity contribution in [1.82, 2.24) is 0 Å². The van der Waals surface area contributed by atoms with E-state index in [1.165, 1.54) is 0 Å². The monoisotopic (exact) mass is 193 g/mol. The highest BCUT2D eigenvalue weighted by Crippen LogP contribution is 2.13. The zero-order valence-corrected chi connectivity index (χ0v) is 7.90. The lowest BCUT2D eigenvalue weighted by atomic mass is 10.2. The fourth-order valence-electron chi connectivity index (χ4n) is 0.962. The summed E-state index contributed by atoms with van der Waals surface area (Å²) in [4.78, 5) is 0. The minimum atomic E-state index is -0.0175. The van der Waals surface area contributed by atoms with Gasteiger partial charge in [-0.25, -0.2) is 0 Å². The van der Waals surface area contributed by atoms with Crippen molar-refractivity contribution >= 4 is 12.2 Å². The van der Waals surface area contributed by atoms with Crippen LogP contribution in [0.2, 0.25) is 0 Å². The SMILES string of the molecule is COc1ccccc1/C=[NH+]/N=C(N)N. The van der Waals surface area contributed by atoms with Gasteiger partial charge in [0.1, 0.15) is 5.75 Å². The molecule has 0 heterocycles. The van der Waals surface area contributed by atoms with Crippen LogP contribution in [-0.4, -0.2) is 19.3 Å². The van der Waals surface area contributed by atoms with Crippen molar-refractivity contribution in [1.29, 1.82) is 0 Å². The molecule has 0 saturated heterocycles. The number of ether oxygens (including phenoxy) is 1. The van der Waals surface area contributed by atoms with Crippen LogP contribution < -0.4 is 21.3 Å². The van der Waals surface area contributed by atoms with Crippen molar-refractivity contribution in [2.24, 2.45) is 16.6 Å². The topological polar surface area (TPSA) is 87.6 Å².